The van der Waals surface area contributed by atoms with Gasteiger partial charge in [-0.2, -0.15) is 0 Å². The first-order valence-corrected chi connectivity index (χ1v) is 15.5. The molecule has 0 atom stereocenters. The fourth-order valence-electron chi connectivity index (χ4n) is 2.26. The minimum absolute atomic E-state index is 0.575. The number of hydrogen-bond donors (Lipinski definition) is 0. The topological polar surface area (TPSA) is 37.7 Å². The first kappa shape index (κ1) is 22.2. The Morgan fingerprint density at radius 3 is 1.58 bits per heavy atom. The van der Waals surface area contributed by atoms with Gasteiger partial charge in [0.05, 0.1) is 12.7 Å². The first-order chi connectivity index (χ1) is 11.7. The molecular weight excluding hydrogens is 530 g/mol. The van der Waals surface area contributed by atoms with Crippen LogP contribution < -0.4 is 0 Å². The molecule has 144 valence electrons. The number of rotatable bonds is 10. The average Bonchev–Trinajstić information content (AvgIpc) is 3.21. The number of hydrogen-bond acceptors (Lipinski definition) is 6. The van der Waals surface area contributed by atoms with Crippen LogP contribution in [-0.4, -0.2) is 58.7 Å². The molecule has 9 heteroatoms. The molecule has 2 rings (SSSR count). The van der Waals surface area contributed by atoms with Crippen molar-refractivity contribution in [3.63, 3.8) is 0 Å². The standard InChI is InChI=1S/C15H28N6.2BrH.Pd/c1-3-5-10-20-14-18(12-16-20)8-7-9-19-13-17-21(15-19)11-6-4-2;;;/h12-15H,3-11H2,1-2H3;2*1H;/q-2;;;+2/p-2. The molecule has 0 unspecified atom stereocenters. The number of hydrazone groups is 2. The van der Waals surface area contributed by atoms with Crippen molar-refractivity contribution in [2.75, 3.05) is 26.2 Å². The van der Waals surface area contributed by atoms with Crippen molar-refractivity contribution in [2.24, 2.45) is 10.2 Å². The van der Waals surface area contributed by atoms with E-state index in [2.05, 4.69) is 74.0 Å². The van der Waals surface area contributed by atoms with Crippen LogP contribution in [-0.2, 0) is 13.9 Å². The van der Waals surface area contributed by atoms with E-state index >= 15 is 0 Å². The van der Waals surface area contributed by atoms with Crippen LogP contribution in [0.2, 0.25) is 0 Å². The Hall–Kier alpha value is 0.162. The molecule has 0 fully saturated rings. The zero-order chi connectivity index (χ0) is 17.6. The van der Waals surface area contributed by atoms with Crippen molar-refractivity contribution in [1.29, 1.82) is 0 Å². The van der Waals surface area contributed by atoms with Gasteiger partial charge in [-0.3, -0.25) is 0 Å². The van der Waals surface area contributed by atoms with Crippen LogP contribution in [0, 0.1) is 13.3 Å². The van der Waals surface area contributed by atoms with Crippen LogP contribution in [0.4, 0.5) is 0 Å². The molecular formula is C15H28Br2N6Pd-2. The van der Waals surface area contributed by atoms with E-state index in [9.17, 15) is 0 Å². The van der Waals surface area contributed by atoms with Gasteiger partial charge in [-0.1, -0.05) is 26.7 Å². The summed E-state index contributed by atoms with van der Waals surface area (Å²) in [5.41, 5.74) is 0. The Balaban J connectivity index is 0.000000891. The van der Waals surface area contributed by atoms with Crippen molar-refractivity contribution in [3.05, 3.63) is 13.3 Å². The second-order valence-corrected chi connectivity index (χ2v) is 12.8. The summed E-state index contributed by atoms with van der Waals surface area (Å²) in [7, 11) is 0. The van der Waals surface area contributed by atoms with Crippen LogP contribution in [0.1, 0.15) is 46.0 Å². The van der Waals surface area contributed by atoms with Crippen molar-refractivity contribution >= 4 is 39.5 Å². The molecule has 0 aromatic rings. The van der Waals surface area contributed by atoms with Crippen molar-refractivity contribution in [2.45, 2.75) is 46.0 Å². The van der Waals surface area contributed by atoms with Gasteiger partial charge in [0.15, 0.2) is 0 Å². The molecule has 2 aliphatic rings. The normalized spacial score (nSPS) is 16.3. The second-order valence-electron chi connectivity index (χ2n) is 5.60. The van der Waals surface area contributed by atoms with Crippen molar-refractivity contribution in [3.8, 4) is 0 Å². The number of unbranched alkanes of at least 4 members (excludes halogenated alkanes) is 2. The summed E-state index contributed by atoms with van der Waals surface area (Å²) in [6, 6.07) is 0. The van der Waals surface area contributed by atoms with Gasteiger partial charge in [0.2, 0.25) is 0 Å². The maximum absolute atomic E-state index is 4.37. The first-order valence-electron chi connectivity index (χ1n) is 8.38. The van der Waals surface area contributed by atoms with Gasteiger partial charge in [-0.05, 0) is 32.4 Å². The second kappa shape index (κ2) is 14.3. The van der Waals surface area contributed by atoms with Gasteiger partial charge in [-0.15, -0.1) is 13.3 Å². The summed E-state index contributed by atoms with van der Waals surface area (Å²) in [5, 5.41) is 12.8. The third kappa shape index (κ3) is 9.60. The van der Waals surface area contributed by atoms with E-state index in [1.165, 1.54) is 25.7 Å². The van der Waals surface area contributed by atoms with Crippen LogP contribution in [0.3, 0.4) is 0 Å². The van der Waals surface area contributed by atoms with E-state index in [-0.39, 0.29) is 0 Å². The quantitative estimate of drug-likeness (QED) is 0.300. The Morgan fingerprint density at radius 1 is 0.792 bits per heavy atom. The predicted molar refractivity (Wildman–Crippen MR) is 105 cm³/mol. The molecule has 0 spiro atoms. The van der Waals surface area contributed by atoms with Gasteiger partial charge < -0.3 is 19.8 Å². The van der Waals surface area contributed by atoms with Gasteiger partial charge in [0.25, 0.3) is 0 Å². The molecule has 0 aliphatic carbocycles. The van der Waals surface area contributed by atoms with E-state index < -0.39 is 0 Å². The molecule has 0 aromatic carbocycles. The SMILES string of the molecule is CCCCN1[CH-]N(CCCN2C=NN(CCCC)[CH-]2)C=N1.[Br][Pd][Br]. The summed E-state index contributed by atoms with van der Waals surface area (Å²) in [6.45, 7) is 12.6. The fraction of sp³-hybridized carbons (Fsp3) is 0.733. The molecule has 2 heterocycles. The molecule has 6 nitrogen and oxygen atoms in total. The van der Waals surface area contributed by atoms with E-state index in [0.29, 0.717) is 13.9 Å². The Kier molecular flexibility index (Phi) is 13.3. The zero-order valence-electron chi connectivity index (χ0n) is 14.4. The number of nitrogens with zero attached hydrogens (tertiary/aromatic N) is 6. The summed E-state index contributed by atoms with van der Waals surface area (Å²) >= 11 is 6.80. The van der Waals surface area contributed by atoms with E-state index in [4.69, 9.17) is 0 Å². The maximum atomic E-state index is 4.37. The molecule has 0 aromatic heterocycles. The van der Waals surface area contributed by atoms with Gasteiger partial charge in [-0.25, -0.2) is 10.2 Å². The monoisotopic (exact) mass is 556 g/mol. The molecule has 0 bridgehead atoms. The fourth-order valence-corrected chi connectivity index (χ4v) is 2.26. The van der Waals surface area contributed by atoms with E-state index in [0.717, 1.165) is 32.6 Å². The summed E-state index contributed by atoms with van der Waals surface area (Å²) < 4.78 is 0. The van der Waals surface area contributed by atoms with Crippen LogP contribution >= 0.6 is 26.9 Å². The summed E-state index contributed by atoms with van der Waals surface area (Å²) in [5.74, 6) is 0. The third-order valence-corrected chi connectivity index (χ3v) is 3.57. The van der Waals surface area contributed by atoms with Gasteiger partial charge in [0, 0.05) is 13.1 Å². The number of halogens is 2. The average molecular weight is 559 g/mol. The van der Waals surface area contributed by atoms with Gasteiger partial charge in [0.1, 0.15) is 0 Å². The predicted octanol–water partition coefficient (Wildman–Crippen LogP) is 4.03. The minimum atomic E-state index is 0.575. The van der Waals surface area contributed by atoms with E-state index in [1.807, 2.05) is 22.7 Å². The van der Waals surface area contributed by atoms with E-state index in [1.54, 1.807) is 0 Å². The Labute approximate surface area is 168 Å². The van der Waals surface area contributed by atoms with Crippen LogP contribution in [0.15, 0.2) is 10.2 Å². The molecule has 0 radical (unpaired) electrons. The molecule has 0 amide bonds. The zero-order valence-corrected chi connectivity index (χ0v) is 19.2. The molecule has 0 saturated carbocycles. The summed E-state index contributed by atoms with van der Waals surface area (Å²) in [6.07, 6.45) is 9.73. The molecule has 0 saturated heterocycles. The Morgan fingerprint density at radius 2 is 1.21 bits per heavy atom. The molecule has 0 N–H and O–H groups in total. The third-order valence-electron chi connectivity index (χ3n) is 3.57. The van der Waals surface area contributed by atoms with Crippen molar-refractivity contribution in [1.82, 2.24) is 19.8 Å². The van der Waals surface area contributed by atoms with Crippen LogP contribution in [0.25, 0.3) is 0 Å². The Bertz CT molecular complexity index is 340. The molecule has 2 aliphatic heterocycles. The summed E-state index contributed by atoms with van der Waals surface area (Å²) in [4.78, 5) is 4.33. The van der Waals surface area contributed by atoms with Gasteiger partial charge >= 0.3 is 40.8 Å². The van der Waals surface area contributed by atoms with Crippen LogP contribution in [0.5, 0.6) is 0 Å². The van der Waals surface area contributed by atoms with Crippen molar-refractivity contribution < 1.29 is 13.9 Å². The molecule has 24 heavy (non-hydrogen) atoms.